The number of halogens is 1. The summed E-state index contributed by atoms with van der Waals surface area (Å²) in [5.41, 5.74) is 3.54. The predicted octanol–water partition coefficient (Wildman–Crippen LogP) is 3.44. The van der Waals surface area contributed by atoms with Crippen molar-refractivity contribution in [2.24, 2.45) is 5.92 Å². The first-order chi connectivity index (χ1) is 12.6. The van der Waals surface area contributed by atoms with Crippen LogP contribution < -0.4 is 10.2 Å². The number of nitrogens with one attached hydrogen (secondary N) is 1. The van der Waals surface area contributed by atoms with Crippen molar-refractivity contribution < 1.29 is 14.0 Å². The molecule has 0 aromatic heterocycles. The van der Waals surface area contributed by atoms with E-state index in [4.69, 9.17) is 0 Å². The van der Waals surface area contributed by atoms with Gasteiger partial charge in [-0.05, 0) is 60.7 Å². The molecule has 0 radical (unpaired) electrons. The number of nitrogens with zero attached hydrogens (tertiary/aromatic N) is 1. The molecule has 2 aromatic rings. The van der Waals surface area contributed by atoms with E-state index in [1.54, 1.807) is 4.90 Å². The second-order valence-electron chi connectivity index (χ2n) is 7.02. The summed E-state index contributed by atoms with van der Waals surface area (Å²) in [5, 5.41) is 3.00. The zero-order valence-electron chi connectivity index (χ0n) is 14.5. The summed E-state index contributed by atoms with van der Waals surface area (Å²) < 4.78 is 13.1. The van der Waals surface area contributed by atoms with Gasteiger partial charge < -0.3 is 10.2 Å². The number of carbonyl (C=O) groups is 2. The van der Waals surface area contributed by atoms with Gasteiger partial charge >= 0.3 is 0 Å². The van der Waals surface area contributed by atoms with Crippen LogP contribution in [-0.4, -0.2) is 18.4 Å². The Kier molecular flexibility index (Phi) is 4.45. The second-order valence-corrected chi connectivity index (χ2v) is 7.02. The lowest BCUT2D eigenvalue weighted by Gasteiger charge is -2.24. The van der Waals surface area contributed by atoms with E-state index in [-0.39, 0.29) is 23.5 Å². The molecule has 0 bridgehead atoms. The SMILES string of the molecule is O=C(NCc1ccc2c(c1)CCN2C(=O)c1ccc(F)cc1)C1CCC1. The third-order valence-electron chi connectivity index (χ3n) is 5.32. The van der Waals surface area contributed by atoms with Crippen LogP contribution in [0.15, 0.2) is 42.5 Å². The van der Waals surface area contributed by atoms with Crippen molar-refractivity contribution >= 4 is 17.5 Å². The van der Waals surface area contributed by atoms with Gasteiger partial charge in [-0.25, -0.2) is 4.39 Å². The Morgan fingerprint density at radius 2 is 1.88 bits per heavy atom. The molecule has 1 saturated carbocycles. The third kappa shape index (κ3) is 3.21. The van der Waals surface area contributed by atoms with Crippen molar-refractivity contribution in [1.82, 2.24) is 5.32 Å². The molecule has 2 aliphatic rings. The van der Waals surface area contributed by atoms with E-state index in [9.17, 15) is 14.0 Å². The number of rotatable bonds is 4. The van der Waals surface area contributed by atoms with E-state index in [0.29, 0.717) is 18.7 Å². The van der Waals surface area contributed by atoms with E-state index >= 15 is 0 Å². The average molecular weight is 352 g/mol. The molecule has 1 N–H and O–H groups in total. The molecule has 1 aliphatic carbocycles. The van der Waals surface area contributed by atoms with E-state index in [1.165, 1.54) is 24.3 Å². The highest BCUT2D eigenvalue weighted by Gasteiger charge is 2.27. The standard InChI is InChI=1S/C21H21FN2O2/c22-18-7-5-16(6-8-18)21(26)24-11-10-17-12-14(4-9-19(17)24)13-23-20(25)15-2-1-3-15/h4-9,12,15H,1-3,10-11,13H2,(H,23,25). The van der Waals surface area contributed by atoms with Gasteiger partial charge in [0.2, 0.25) is 5.91 Å². The first-order valence-electron chi connectivity index (χ1n) is 9.09. The maximum atomic E-state index is 13.1. The molecule has 4 nitrogen and oxygen atoms in total. The summed E-state index contributed by atoms with van der Waals surface area (Å²) >= 11 is 0. The van der Waals surface area contributed by atoms with Crippen molar-refractivity contribution in [2.45, 2.75) is 32.2 Å². The summed E-state index contributed by atoms with van der Waals surface area (Å²) in [5.74, 6) is -0.134. The van der Waals surface area contributed by atoms with Crippen molar-refractivity contribution in [3.63, 3.8) is 0 Å². The fourth-order valence-electron chi connectivity index (χ4n) is 3.53. The zero-order chi connectivity index (χ0) is 18.1. The minimum Gasteiger partial charge on any atom is -0.352 e. The molecule has 0 atom stereocenters. The number of hydrogen-bond acceptors (Lipinski definition) is 2. The maximum Gasteiger partial charge on any atom is 0.258 e. The molecule has 0 spiro atoms. The van der Waals surface area contributed by atoms with Gasteiger partial charge in [-0.2, -0.15) is 0 Å². The smallest absolute Gasteiger partial charge is 0.258 e. The van der Waals surface area contributed by atoms with Crippen LogP contribution in [0.25, 0.3) is 0 Å². The largest absolute Gasteiger partial charge is 0.352 e. The Morgan fingerprint density at radius 1 is 1.12 bits per heavy atom. The van der Waals surface area contributed by atoms with Gasteiger partial charge in [-0.3, -0.25) is 9.59 Å². The number of fused-ring (bicyclic) bond motifs is 1. The second kappa shape index (κ2) is 6.90. The molecule has 5 heteroatoms. The molecular weight excluding hydrogens is 331 g/mol. The summed E-state index contributed by atoms with van der Waals surface area (Å²) in [7, 11) is 0. The predicted molar refractivity (Wildman–Crippen MR) is 97.4 cm³/mol. The van der Waals surface area contributed by atoms with Crippen LogP contribution in [0.1, 0.15) is 40.7 Å². The van der Waals surface area contributed by atoms with E-state index in [1.807, 2.05) is 12.1 Å². The van der Waals surface area contributed by atoms with E-state index in [0.717, 1.165) is 42.5 Å². The van der Waals surface area contributed by atoms with Gasteiger partial charge in [0.15, 0.2) is 0 Å². The molecule has 1 heterocycles. The summed E-state index contributed by atoms with van der Waals surface area (Å²) in [6.45, 7) is 1.14. The lowest BCUT2D eigenvalue weighted by atomic mass is 9.85. The molecule has 2 amide bonds. The van der Waals surface area contributed by atoms with Gasteiger partial charge in [0.1, 0.15) is 5.82 Å². The molecule has 26 heavy (non-hydrogen) atoms. The molecule has 0 saturated heterocycles. The Labute approximate surface area is 152 Å². The van der Waals surface area contributed by atoms with Gasteiger partial charge in [-0.15, -0.1) is 0 Å². The summed E-state index contributed by atoms with van der Waals surface area (Å²) in [6, 6.07) is 11.6. The zero-order valence-corrected chi connectivity index (χ0v) is 14.5. The first kappa shape index (κ1) is 16.8. The maximum absolute atomic E-state index is 13.1. The highest BCUT2D eigenvalue weighted by Crippen LogP contribution is 2.30. The fraction of sp³-hybridized carbons (Fsp3) is 0.333. The Morgan fingerprint density at radius 3 is 2.58 bits per heavy atom. The molecule has 0 unspecified atom stereocenters. The van der Waals surface area contributed by atoms with Crippen molar-refractivity contribution in [2.75, 3.05) is 11.4 Å². The van der Waals surface area contributed by atoms with Gasteiger partial charge in [0, 0.05) is 30.3 Å². The Hall–Kier alpha value is -2.69. The number of carbonyl (C=O) groups excluding carboxylic acids is 2. The summed E-state index contributed by atoms with van der Waals surface area (Å²) in [4.78, 5) is 26.4. The van der Waals surface area contributed by atoms with E-state index in [2.05, 4.69) is 11.4 Å². The number of anilines is 1. The van der Waals surface area contributed by atoms with Crippen LogP contribution in [0.5, 0.6) is 0 Å². The van der Waals surface area contributed by atoms with Crippen LogP contribution in [0.4, 0.5) is 10.1 Å². The van der Waals surface area contributed by atoms with Crippen LogP contribution in [0.3, 0.4) is 0 Å². The Balaban J connectivity index is 1.45. The Bertz CT molecular complexity index is 844. The van der Waals surface area contributed by atoms with Gasteiger partial charge in [-0.1, -0.05) is 18.6 Å². The topological polar surface area (TPSA) is 49.4 Å². The average Bonchev–Trinajstić information content (AvgIpc) is 3.01. The monoisotopic (exact) mass is 352 g/mol. The van der Waals surface area contributed by atoms with Crippen molar-refractivity contribution in [3.8, 4) is 0 Å². The van der Waals surface area contributed by atoms with Crippen molar-refractivity contribution in [1.29, 1.82) is 0 Å². The minimum absolute atomic E-state index is 0.116. The lowest BCUT2D eigenvalue weighted by molar-refractivity contribution is -0.127. The molecule has 2 aromatic carbocycles. The van der Waals surface area contributed by atoms with Gasteiger partial charge in [0.25, 0.3) is 5.91 Å². The van der Waals surface area contributed by atoms with E-state index < -0.39 is 0 Å². The third-order valence-corrected chi connectivity index (χ3v) is 5.32. The van der Waals surface area contributed by atoms with Crippen LogP contribution in [0.2, 0.25) is 0 Å². The number of hydrogen-bond donors (Lipinski definition) is 1. The highest BCUT2D eigenvalue weighted by molar-refractivity contribution is 6.07. The molecule has 1 fully saturated rings. The molecule has 1 aliphatic heterocycles. The quantitative estimate of drug-likeness (QED) is 0.916. The van der Waals surface area contributed by atoms with Crippen LogP contribution >= 0.6 is 0 Å². The normalized spacial score (nSPS) is 16.1. The number of amides is 2. The van der Waals surface area contributed by atoms with Crippen LogP contribution in [0, 0.1) is 11.7 Å². The van der Waals surface area contributed by atoms with Gasteiger partial charge in [0.05, 0.1) is 0 Å². The lowest BCUT2D eigenvalue weighted by Crippen LogP contribution is -2.33. The highest BCUT2D eigenvalue weighted by atomic mass is 19.1. The fourth-order valence-corrected chi connectivity index (χ4v) is 3.53. The molecular formula is C21H21FN2O2. The van der Waals surface area contributed by atoms with Crippen LogP contribution in [-0.2, 0) is 17.8 Å². The minimum atomic E-state index is -0.350. The first-order valence-corrected chi connectivity index (χ1v) is 9.09. The number of benzene rings is 2. The summed E-state index contributed by atoms with van der Waals surface area (Å²) in [6.07, 6.45) is 3.93. The van der Waals surface area contributed by atoms with Crippen molar-refractivity contribution in [3.05, 3.63) is 65.0 Å². The molecule has 4 rings (SSSR count). The molecule has 134 valence electrons.